The summed E-state index contributed by atoms with van der Waals surface area (Å²) in [6.07, 6.45) is 0.979. The molecular weight excluding hydrogens is 421 g/mol. The minimum atomic E-state index is -0.186. The van der Waals surface area contributed by atoms with E-state index in [9.17, 15) is 4.79 Å². The number of para-hydroxylation sites is 1. The molecule has 1 heterocycles. The minimum Gasteiger partial charge on any atom is -0.379 e. The predicted molar refractivity (Wildman–Crippen MR) is 107 cm³/mol. The van der Waals surface area contributed by atoms with Crippen LogP contribution in [0.25, 0.3) is 0 Å². The van der Waals surface area contributed by atoms with Crippen molar-refractivity contribution in [2.45, 2.75) is 6.42 Å². The lowest BCUT2D eigenvalue weighted by atomic mass is 10.3. The number of morpholine rings is 1. The zero-order valence-electron chi connectivity index (χ0n) is 13.7. The van der Waals surface area contributed by atoms with Gasteiger partial charge >= 0.3 is 0 Å². The molecule has 8 heteroatoms. The first-order valence-corrected chi connectivity index (χ1v) is 7.93. The zero-order valence-corrected chi connectivity index (χ0v) is 16.1. The Morgan fingerprint density at radius 2 is 1.96 bits per heavy atom. The first kappa shape index (κ1) is 20.7. The Labute approximate surface area is 160 Å². The van der Waals surface area contributed by atoms with Gasteiger partial charge in [-0.15, -0.1) is 24.0 Å². The number of carbonyl (C=O) groups is 1. The Bertz CT molecular complexity index is 506. The third-order valence-electron chi connectivity index (χ3n) is 3.51. The summed E-state index contributed by atoms with van der Waals surface area (Å²) in [6, 6.07) is 9.28. The number of ether oxygens (including phenoxy) is 1. The molecule has 4 N–H and O–H groups in total. The van der Waals surface area contributed by atoms with E-state index in [-0.39, 0.29) is 36.4 Å². The molecule has 1 saturated heterocycles. The number of rotatable bonds is 7. The number of anilines is 1. The molecule has 1 amide bonds. The number of hydrogen-bond acceptors (Lipinski definition) is 4. The van der Waals surface area contributed by atoms with E-state index in [0.717, 1.165) is 51.5 Å². The molecule has 0 aromatic heterocycles. The van der Waals surface area contributed by atoms with Crippen molar-refractivity contribution >= 4 is 41.5 Å². The molecule has 24 heavy (non-hydrogen) atoms. The lowest BCUT2D eigenvalue weighted by Gasteiger charge is -2.26. The van der Waals surface area contributed by atoms with Crippen LogP contribution in [0.2, 0.25) is 0 Å². The summed E-state index contributed by atoms with van der Waals surface area (Å²) in [7, 11) is 0. The number of aliphatic imine (C=N–C) groups is 1. The SMILES string of the molecule is I.NC(=NCC(=O)Nc1ccccc1)NCCCN1CCOCC1. The Morgan fingerprint density at radius 1 is 1.25 bits per heavy atom. The maximum Gasteiger partial charge on any atom is 0.246 e. The van der Waals surface area contributed by atoms with Gasteiger partial charge in [-0.3, -0.25) is 9.69 Å². The lowest BCUT2D eigenvalue weighted by Crippen LogP contribution is -2.39. The van der Waals surface area contributed by atoms with Gasteiger partial charge in [-0.2, -0.15) is 0 Å². The standard InChI is InChI=1S/C16H25N5O2.HI/c17-16(18-7-4-8-21-9-11-23-12-10-21)19-13-15(22)20-14-5-2-1-3-6-14;/h1-3,5-6H,4,7-13H2,(H,20,22)(H3,17,18,19);1H. The molecule has 0 spiro atoms. The van der Waals surface area contributed by atoms with Crippen molar-refractivity contribution in [1.29, 1.82) is 0 Å². The molecule has 2 rings (SSSR count). The van der Waals surface area contributed by atoms with E-state index in [4.69, 9.17) is 10.5 Å². The van der Waals surface area contributed by atoms with Crippen molar-refractivity contribution in [3.05, 3.63) is 30.3 Å². The van der Waals surface area contributed by atoms with Crippen LogP contribution in [0, 0.1) is 0 Å². The van der Waals surface area contributed by atoms with Crippen molar-refractivity contribution in [3.63, 3.8) is 0 Å². The molecule has 0 aliphatic carbocycles. The van der Waals surface area contributed by atoms with Crippen molar-refractivity contribution < 1.29 is 9.53 Å². The van der Waals surface area contributed by atoms with E-state index in [0.29, 0.717) is 5.96 Å². The highest BCUT2D eigenvalue weighted by Crippen LogP contribution is 2.04. The largest absolute Gasteiger partial charge is 0.379 e. The van der Waals surface area contributed by atoms with E-state index < -0.39 is 0 Å². The van der Waals surface area contributed by atoms with Gasteiger partial charge in [0.05, 0.1) is 13.2 Å². The molecule has 7 nitrogen and oxygen atoms in total. The van der Waals surface area contributed by atoms with Gasteiger partial charge in [0.1, 0.15) is 6.54 Å². The first-order chi connectivity index (χ1) is 11.2. The van der Waals surface area contributed by atoms with Gasteiger partial charge in [0.25, 0.3) is 0 Å². The van der Waals surface area contributed by atoms with Gasteiger partial charge in [-0.25, -0.2) is 4.99 Å². The highest BCUT2D eigenvalue weighted by Gasteiger charge is 2.09. The van der Waals surface area contributed by atoms with E-state index in [1.165, 1.54) is 0 Å². The van der Waals surface area contributed by atoms with Crippen LogP contribution in [0.3, 0.4) is 0 Å². The summed E-state index contributed by atoms with van der Waals surface area (Å²) in [5, 5.41) is 5.79. The van der Waals surface area contributed by atoms with Crippen molar-refractivity contribution in [1.82, 2.24) is 10.2 Å². The maximum absolute atomic E-state index is 11.7. The van der Waals surface area contributed by atoms with Crippen LogP contribution in [-0.4, -0.2) is 62.7 Å². The monoisotopic (exact) mass is 447 g/mol. The van der Waals surface area contributed by atoms with Crippen LogP contribution >= 0.6 is 24.0 Å². The Hall–Kier alpha value is -1.39. The molecule has 0 radical (unpaired) electrons. The summed E-state index contributed by atoms with van der Waals surface area (Å²) in [4.78, 5) is 18.1. The number of carbonyl (C=O) groups excluding carboxylic acids is 1. The summed E-state index contributed by atoms with van der Waals surface area (Å²) < 4.78 is 5.31. The van der Waals surface area contributed by atoms with Crippen LogP contribution in [0.15, 0.2) is 35.3 Å². The molecule has 1 aliphatic rings. The van der Waals surface area contributed by atoms with Gasteiger partial charge in [-0.1, -0.05) is 18.2 Å². The molecule has 0 saturated carbocycles. The fourth-order valence-electron chi connectivity index (χ4n) is 2.28. The molecule has 1 aromatic rings. The Balaban J connectivity index is 0.00000288. The van der Waals surface area contributed by atoms with Gasteiger partial charge in [0, 0.05) is 25.3 Å². The second-order valence-corrected chi connectivity index (χ2v) is 5.35. The third-order valence-corrected chi connectivity index (χ3v) is 3.51. The maximum atomic E-state index is 11.7. The number of guanidine groups is 1. The van der Waals surface area contributed by atoms with Gasteiger partial charge in [0.2, 0.25) is 5.91 Å². The Kier molecular flexibility index (Phi) is 10.4. The second kappa shape index (κ2) is 12.0. The topological polar surface area (TPSA) is 92.0 Å². The number of nitrogens with zero attached hydrogens (tertiary/aromatic N) is 2. The molecule has 0 unspecified atom stereocenters. The van der Waals surface area contributed by atoms with Gasteiger partial charge < -0.3 is 21.1 Å². The lowest BCUT2D eigenvalue weighted by molar-refractivity contribution is -0.114. The third kappa shape index (κ3) is 8.46. The zero-order chi connectivity index (χ0) is 16.3. The van der Waals surface area contributed by atoms with Gasteiger partial charge in [0.15, 0.2) is 5.96 Å². The summed E-state index contributed by atoms with van der Waals surface area (Å²) in [5.41, 5.74) is 6.51. The van der Waals surface area contributed by atoms with E-state index >= 15 is 0 Å². The molecule has 1 fully saturated rings. The fourth-order valence-corrected chi connectivity index (χ4v) is 2.28. The predicted octanol–water partition coefficient (Wildman–Crippen LogP) is 0.870. The quantitative estimate of drug-likeness (QED) is 0.250. The number of halogens is 1. The molecular formula is C16H26IN5O2. The molecule has 1 aromatic carbocycles. The van der Waals surface area contributed by atoms with Crippen LogP contribution in [0.1, 0.15) is 6.42 Å². The summed E-state index contributed by atoms with van der Waals surface area (Å²) in [5.74, 6) is 0.115. The highest BCUT2D eigenvalue weighted by atomic mass is 127. The van der Waals surface area contributed by atoms with Gasteiger partial charge in [-0.05, 0) is 25.1 Å². The van der Waals surface area contributed by atoms with E-state index in [1.54, 1.807) is 0 Å². The van der Waals surface area contributed by atoms with Crippen molar-refractivity contribution in [2.24, 2.45) is 10.7 Å². The van der Waals surface area contributed by atoms with Crippen molar-refractivity contribution in [2.75, 3.05) is 51.3 Å². The second-order valence-electron chi connectivity index (χ2n) is 5.35. The molecule has 0 bridgehead atoms. The summed E-state index contributed by atoms with van der Waals surface area (Å²) in [6.45, 7) is 5.37. The minimum absolute atomic E-state index is 0. The number of amides is 1. The smallest absolute Gasteiger partial charge is 0.246 e. The first-order valence-electron chi connectivity index (χ1n) is 7.93. The fraction of sp³-hybridized carbons (Fsp3) is 0.500. The van der Waals surface area contributed by atoms with E-state index in [1.807, 2.05) is 30.3 Å². The van der Waals surface area contributed by atoms with Crippen LogP contribution in [-0.2, 0) is 9.53 Å². The van der Waals surface area contributed by atoms with E-state index in [2.05, 4.69) is 20.5 Å². The average molecular weight is 447 g/mol. The number of benzene rings is 1. The summed E-state index contributed by atoms with van der Waals surface area (Å²) >= 11 is 0. The normalized spacial score (nSPS) is 15.4. The number of nitrogens with two attached hydrogens (primary N) is 1. The molecule has 1 aliphatic heterocycles. The molecule has 134 valence electrons. The number of hydrogen-bond donors (Lipinski definition) is 3. The highest BCUT2D eigenvalue weighted by molar-refractivity contribution is 14.0. The number of nitrogens with one attached hydrogen (secondary N) is 2. The van der Waals surface area contributed by atoms with Crippen molar-refractivity contribution in [3.8, 4) is 0 Å². The molecule has 0 atom stereocenters. The van der Waals surface area contributed by atoms with Crippen LogP contribution in [0.5, 0.6) is 0 Å². The van der Waals surface area contributed by atoms with Crippen LogP contribution in [0.4, 0.5) is 5.69 Å². The Morgan fingerprint density at radius 3 is 2.67 bits per heavy atom. The average Bonchev–Trinajstić information content (AvgIpc) is 2.59. The van der Waals surface area contributed by atoms with Crippen LogP contribution < -0.4 is 16.4 Å².